The van der Waals surface area contributed by atoms with Gasteiger partial charge in [0, 0.05) is 5.56 Å². The maximum atomic E-state index is 10.8. The highest BCUT2D eigenvalue weighted by molar-refractivity contribution is 5.73. The van der Waals surface area contributed by atoms with E-state index in [0.717, 1.165) is 0 Å². The van der Waals surface area contributed by atoms with Crippen molar-refractivity contribution in [3.05, 3.63) is 29.3 Å². The largest absolute Gasteiger partial charge is 0.414 e. The van der Waals surface area contributed by atoms with Crippen molar-refractivity contribution in [2.24, 2.45) is 0 Å². The first kappa shape index (κ1) is 8.98. The Morgan fingerprint density at radius 1 is 1.50 bits per heavy atom. The number of ether oxygens (including phenoxy) is 1. The Balaban J connectivity index is 2.44. The van der Waals surface area contributed by atoms with Crippen molar-refractivity contribution in [2.45, 2.75) is 12.8 Å². The zero-order chi connectivity index (χ0) is 10.1. The molecule has 1 aliphatic heterocycles. The summed E-state index contributed by atoms with van der Waals surface area (Å²) in [6.07, 6.45) is -1.75. The molecule has 0 aromatic heterocycles. The smallest absolute Gasteiger partial charge is 0.410 e. The zero-order valence-electron chi connectivity index (χ0n) is 7.23. The fourth-order valence-electron chi connectivity index (χ4n) is 1.32. The molecule has 5 heteroatoms. The molecule has 2 rings (SSSR count). The Kier molecular flexibility index (Phi) is 2.11. The zero-order valence-corrected chi connectivity index (χ0v) is 7.23. The van der Waals surface area contributed by atoms with E-state index >= 15 is 0 Å². The minimum Gasteiger partial charge on any atom is -0.410 e. The van der Waals surface area contributed by atoms with Gasteiger partial charge in [-0.1, -0.05) is 6.07 Å². The lowest BCUT2D eigenvalue weighted by Crippen LogP contribution is -2.35. The maximum Gasteiger partial charge on any atom is 0.414 e. The summed E-state index contributed by atoms with van der Waals surface area (Å²) in [5, 5.41) is 20.5. The number of carbonyl (C=O) groups is 1. The molecule has 0 saturated heterocycles. The van der Waals surface area contributed by atoms with Gasteiger partial charge in [0.25, 0.3) is 0 Å². The third kappa shape index (κ3) is 1.43. The number of rotatable bonds is 1. The molecule has 0 saturated carbocycles. The van der Waals surface area contributed by atoms with Gasteiger partial charge in [0.05, 0.1) is 6.61 Å². The number of benzene rings is 1. The van der Waals surface area contributed by atoms with Crippen molar-refractivity contribution in [2.75, 3.05) is 0 Å². The van der Waals surface area contributed by atoms with Crippen molar-refractivity contribution >= 4 is 6.09 Å². The van der Waals surface area contributed by atoms with Gasteiger partial charge in [-0.2, -0.15) is 0 Å². The van der Waals surface area contributed by atoms with Crippen molar-refractivity contribution in [3.8, 4) is 5.75 Å². The average molecular weight is 195 g/mol. The number of carbonyl (C=O) groups excluding carboxylic acids is 1. The highest BCUT2D eigenvalue weighted by atomic mass is 16.6. The van der Waals surface area contributed by atoms with Crippen LogP contribution in [0.5, 0.6) is 5.75 Å². The topological polar surface area (TPSA) is 78.8 Å². The molecule has 1 atom stereocenters. The predicted octanol–water partition coefficient (Wildman–Crippen LogP) is 0.272. The van der Waals surface area contributed by atoms with Crippen LogP contribution in [-0.4, -0.2) is 16.3 Å². The first-order valence-corrected chi connectivity index (χ1v) is 4.11. The summed E-state index contributed by atoms with van der Waals surface area (Å²) in [7, 11) is 0. The number of amides is 1. The molecule has 1 aliphatic rings. The lowest BCUT2D eigenvalue weighted by atomic mass is 10.1. The summed E-state index contributed by atoms with van der Waals surface area (Å²) in [6, 6.07) is 4.76. The van der Waals surface area contributed by atoms with Gasteiger partial charge in [0.15, 0.2) is 6.23 Å². The second kappa shape index (κ2) is 3.28. The van der Waals surface area contributed by atoms with Crippen LogP contribution in [0, 0.1) is 0 Å². The average Bonchev–Trinajstić information content (AvgIpc) is 2.17. The van der Waals surface area contributed by atoms with E-state index in [-0.39, 0.29) is 6.61 Å². The maximum absolute atomic E-state index is 10.8. The van der Waals surface area contributed by atoms with E-state index in [0.29, 0.717) is 16.9 Å². The molecule has 0 bridgehead atoms. The van der Waals surface area contributed by atoms with Crippen molar-refractivity contribution in [3.63, 3.8) is 0 Å². The Labute approximate surface area is 79.9 Å². The minimum atomic E-state index is -1.07. The molecule has 74 valence electrons. The van der Waals surface area contributed by atoms with E-state index < -0.39 is 12.3 Å². The first-order chi connectivity index (χ1) is 6.70. The van der Waals surface area contributed by atoms with Crippen LogP contribution in [0.4, 0.5) is 4.79 Å². The minimum absolute atomic E-state index is 0.117. The second-order valence-corrected chi connectivity index (χ2v) is 2.97. The van der Waals surface area contributed by atoms with Gasteiger partial charge in [0.2, 0.25) is 0 Å². The molecule has 1 aromatic carbocycles. The van der Waals surface area contributed by atoms with Gasteiger partial charge in [-0.25, -0.2) is 4.79 Å². The standard InChI is InChI=1S/C9H9NO4/c11-4-5-1-2-7-6(3-5)8(12)10-9(13)14-7/h1-3,8,11-12H,4H2,(H,10,13)/t8-/m0/s1. The number of hydrogen-bond donors (Lipinski definition) is 3. The number of fused-ring (bicyclic) bond motifs is 1. The van der Waals surface area contributed by atoms with E-state index in [4.69, 9.17) is 9.84 Å². The Bertz CT molecular complexity index is 377. The molecule has 0 radical (unpaired) electrons. The van der Waals surface area contributed by atoms with Crippen LogP contribution in [-0.2, 0) is 6.61 Å². The van der Waals surface area contributed by atoms with Crippen LogP contribution < -0.4 is 10.1 Å². The van der Waals surface area contributed by atoms with E-state index in [1.165, 1.54) is 0 Å². The molecular weight excluding hydrogens is 186 g/mol. The molecular formula is C9H9NO4. The van der Waals surface area contributed by atoms with Crippen molar-refractivity contribution in [1.29, 1.82) is 0 Å². The van der Waals surface area contributed by atoms with Crippen LogP contribution in [0.1, 0.15) is 17.4 Å². The fourth-order valence-corrected chi connectivity index (χ4v) is 1.32. The third-order valence-electron chi connectivity index (χ3n) is 2.01. The first-order valence-electron chi connectivity index (χ1n) is 4.11. The molecule has 0 spiro atoms. The fraction of sp³-hybridized carbons (Fsp3) is 0.222. The van der Waals surface area contributed by atoms with Crippen LogP contribution in [0.25, 0.3) is 0 Å². The lowest BCUT2D eigenvalue weighted by molar-refractivity contribution is 0.108. The number of aliphatic hydroxyl groups excluding tert-OH is 2. The molecule has 1 aromatic rings. The molecule has 1 heterocycles. The van der Waals surface area contributed by atoms with Crippen LogP contribution in [0.15, 0.2) is 18.2 Å². The summed E-state index contributed by atoms with van der Waals surface area (Å²) in [6.45, 7) is -0.117. The molecule has 1 amide bonds. The van der Waals surface area contributed by atoms with Gasteiger partial charge in [-0.15, -0.1) is 0 Å². The van der Waals surface area contributed by atoms with Crippen LogP contribution >= 0.6 is 0 Å². The van der Waals surface area contributed by atoms with Gasteiger partial charge >= 0.3 is 6.09 Å². The van der Waals surface area contributed by atoms with Gasteiger partial charge in [-0.05, 0) is 17.7 Å². The molecule has 14 heavy (non-hydrogen) atoms. The monoisotopic (exact) mass is 195 g/mol. The van der Waals surface area contributed by atoms with Crippen molar-refractivity contribution in [1.82, 2.24) is 5.32 Å². The Morgan fingerprint density at radius 3 is 3.00 bits per heavy atom. The van der Waals surface area contributed by atoms with Gasteiger partial charge in [-0.3, -0.25) is 5.32 Å². The Morgan fingerprint density at radius 2 is 2.29 bits per heavy atom. The summed E-state index contributed by atoms with van der Waals surface area (Å²) < 4.78 is 4.81. The number of hydrogen-bond acceptors (Lipinski definition) is 4. The molecule has 5 nitrogen and oxygen atoms in total. The number of nitrogens with one attached hydrogen (secondary N) is 1. The number of aliphatic hydroxyl groups is 2. The Hall–Kier alpha value is -1.59. The molecule has 0 aliphatic carbocycles. The summed E-state index contributed by atoms with van der Waals surface area (Å²) in [5.41, 5.74) is 1.11. The van der Waals surface area contributed by atoms with Gasteiger partial charge < -0.3 is 14.9 Å². The molecule has 3 N–H and O–H groups in total. The normalized spacial score (nSPS) is 19.6. The second-order valence-electron chi connectivity index (χ2n) is 2.97. The van der Waals surface area contributed by atoms with E-state index in [9.17, 15) is 9.90 Å². The SMILES string of the molecule is O=C1N[C@@H](O)c2cc(CO)ccc2O1. The van der Waals surface area contributed by atoms with Crippen LogP contribution in [0.3, 0.4) is 0 Å². The molecule has 0 unspecified atom stereocenters. The predicted molar refractivity (Wildman–Crippen MR) is 46.5 cm³/mol. The summed E-state index contributed by atoms with van der Waals surface area (Å²) in [4.78, 5) is 10.8. The quantitative estimate of drug-likeness (QED) is 0.601. The molecule has 0 fully saturated rings. The van der Waals surface area contributed by atoms with E-state index in [1.54, 1.807) is 18.2 Å². The van der Waals surface area contributed by atoms with Crippen molar-refractivity contribution < 1.29 is 19.7 Å². The van der Waals surface area contributed by atoms with Gasteiger partial charge in [0.1, 0.15) is 5.75 Å². The highest BCUT2D eigenvalue weighted by Gasteiger charge is 2.23. The van der Waals surface area contributed by atoms with E-state index in [1.807, 2.05) is 0 Å². The third-order valence-corrected chi connectivity index (χ3v) is 2.01. The lowest BCUT2D eigenvalue weighted by Gasteiger charge is -2.22. The highest BCUT2D eigenvalue weighted by Crippen LogP contribution is 2.28. The van der Waals surface area contributed by atoms with E-state index in [2.05, 4.69) is 5.32 Å². The van der Waals surface area contributed by atoms with Crippen LogP contribution in [0.2, 0.25) is 0 Å². The summed E-state index contributed by atoms with van der Waals surface area (Å²) in [5.74, 6) is 0.318. The summed E-state index contributed by atoms with van der Waals surface area (Å²) >= 11 is 0.